The molecule has 0 aliphatic heterocycles. The van der Waals surface area contributed by atoms with E-state index in [1.165, 1.54) is 18.4 Å². The van der Waals surface area contributed by atoms with Gasteiger partial charge in [0.15, 0.2) is 5.13 Å². The second-order valence-electron chi connectivity index (χ2n) is 3.62. The fourth-order valence-corrected chi connectivity index (χ4v) is 2.45. The Kier molecular flexibility index (Phi) is 4.63. The van der Waals surface area contributed by atoms with Gasteiger partial charge < -0.3 is 10.1 Å². The van der Waals surface area contributed by atoms with Crippen molar-refractivity contribution < 1.29 is 9.53 Å². The van der Waals surface area contributed by atoms with Crippen LogP contribution in [0.1, 0.15) is 5.69 Å². The van der Waals surface area contributed by atoms with Gasteiger partial charge in [-0.25, -0.2) is 4.98 Å². The highest BCUT2D eigenvalue weighted by Gasteiger charge is 2.09. The molecule has 0 bridgehead atoms. The molecule has 2 rings (SSSR count). The summed E-state index contributed by atoms with van der Waals surface area (Å²) >= 11 is 13.4. The van der Waals surface area contributed by atoms with Gasteiger partial charge in [-0.2, -0.15) is 0 Å². The maximum atomic E-state index is 11.1. The summed E-state index contributed by atoms with van der Waals surface area (Å²) in [6.07, 6.45) is 0.151. The number of carbonyl (C=O) groups is 1. The Morgan fingerprint density at radius 1 is 1.47 bits per heavy atom. The Morgan fingerprint density at radius 3 is 3.00 bits per heavy atom. The molecule has 19 heavy (non-hydrogen) atoms. The maximum Gasteiger partial charge on any atom is 0.311 e. The van der Waals surface area contributed by atoms with Crippen LogP contribution in [0.5, 0.6) is 0 Å². The zero-order valence-corrected chi connectivity index (χ0v) is 12.3. The number of anilines is 2. The lowest BCUT2D eigenvalue weighted by atomic mass is 10.3. The molecule has 0 aliphatic carbocycles. The molecule has 0 aliphatic rings. The van der Waals surface area contributed by atoms with E-state index in [1.807, 2.05) is 0 Å². The molecule has 1 N–H and O–H groups in total. The summed E-state index contributed by atoms with van der Waals surface area (Å²) in [5.74, 6) is -0.322. The van der Waals surface area contributed by atoms with Crippen LogP contribution < -0.4 is 5.32 Å². The van der Waals surface area contributed by atoms with Crippen molar-refractivity contribution in [2.75, 3.05) is 12.4 Å². The number of hydrogen-bond acceptors (Lipinski definition) is 5. The van der Waals surface area contributed by atoms with Gasteiger partial charge in [0, 0.05) is 5.38 Å². The minimum atomic E-state index is -0.322. The summed E-state index contributed by atoms with van der Waals surface area (Å²) in [4.78, 5) is 15.4. The van der Waals surface area contributed by atoms with Crippen molar-refractivity contribution in [2.45, 2.75) is 6.42 Å². The SMILES string of the molecule is COC(=O)Cc1csc(Nc2cccc(Cl)c2Cl)n1. The highest BCUT2D eigenvalue weighted by molar-refractivity contribution is 7.13. The fraction of sp³-hybridized carbons (Fsp3) is 0.167. The number of halogens is 2. The number of carbonyl (C=O) groups excluding carboxylic acids is 1. The molecule has 0 fully saturated rings. The molecule has 0 amide bonds. The van der Waals surface area contributed by atoms with Crippen LogP contribution in [-0.2, 0) is 16.0 Å². The Hall–Kier alpha value is -1.30. The third-order valence-corrected chi connectivity index (χ3v) is 3.92. The fourth-order valence-electron chi connectivity index (χ4n) is 1.38. The second-order valence-corrected chi connectivity index (χ2v) is 5.27. The number of esters is 1. The van der Waals surface area contributed by atoms with E-state index in [0.717, 1.165) is 0 Å². The Balaban J connectivity index is 2.11. The van der Waals surface area contributed by atoms with Gasteiger partial charge in [0.1, 0.15) is 0 Å². The smallest absolute Gasteiger partial charge is 0.311 e. The van der Waals surface area contributed by atoms with E-state index in [1.54, 1.807) is 23.6 Å². The summed E-state index contributed by atoms with van der Waals surface area (Å²) in [5.41, 5.74) is 1.32. The monoisotopic (exact) mass is 316 g/mol. The first-order valence-corrected chi connectivity index (χ1v) is 6.96. The second kappa shape index (κ2) is 6.23. The standard InChI is InChI=1S/C12H10Cl2N2O2S/c1-18-10(17)5-7-6-19-12(15-7)16-9-4-2-3-8(13)11(9)14/h2-4,6H,5H2,1H3,(H,15,16). The minimum absolute atomic E-state index is 0.151. The van der Waals surface area contributed by atoms with Gasteiger partial charge in [0.25, 0.3) is 0 Å². The molecule has 0 unspecified atom stereocenters. The molecule has 0 atom stereocenters. The average Bonchev–Trinajstić information content (AvgIpc) is 2.82. The maximum absolute atomic E-state index is 11.1. The van der Waals surface area contributed by atoms with Crippen LogP contribution in [0.3, 0.4) is 0 Å². The highest BCUT2D eigenvalue weighted by atomic mass is 35.5. The first kappa shape index (κ1) is 14.1. The summed E-state index contributed by atoms with van der Waals surface area (Å²) in [6.45, 7) is 0. The van der Waals surface area contributed by atoms with Crippen LogP contribution in [-0.4, -0.2) is 18.1 Å². The number of benzene rings is 1. The van der Waals surface area contributed by atoms with E-state index in [9.17, 15) is 4.79 Å². The first-order chi connectivity index (χ1) is 9.10. The lowest BCUT2D eigenvalue weighted by Gasteiger charge is -2.05. The van der Waals surface area contributed by atoms with Gasteiger partial charge in [-0.1, -0.05) is 29.3 Å². The quantitative estimate of drug-likeness (QED) is 0.869. The Bertz CT molecular complexity index is 601. The molecule has 2 aromatic rings. The van der Waals surface area contributed by atoms with Crippen LogP contribution in [0.4, 0.5) is 10.8 Å². The number of nitrogens with one attached hydrogen (secondary N) is 1. The van der Waals surface area contributed by atoms with Crippen molar-refractivity contribution in [3.8, 4) is 0 Å². The number of aromatic nitrogens is 1. The minimum Gasteiger partial charge on any atom is -0.469 e. The van der Waals surface area contributed by atoms with E-state index in [-0.39, 0.29) is 12.4 Å². The zero-order chi connectivity index (χ0) is 13.8. The van der Waals surface area contributed by atoms with E-state index in [4.69, 9.17) is 23.2 Å². The largest absolute Gasteiger partial charge is 0.469 e. The van der Waals surface area contributed by atoms with Crippen molar-refractivity contribution >= 4 is 51.3 Å². The van der Waals surface area contributed by atoms with Crippen molar-refractivity contribution in [1.29, 1.82) is 0 Å². The number of thiazole rings is 1. The van der Waals surface area contributed by atoms with Crippen molar-refractivity contribution in [3.05, 3.63) is 39.3 Å². The average molecular weight is 317 g/mol. The Morgan fingerprint density at radius 2 is 2.26 bits per heavy atom. The molecule has 4 nitrogen and oxygen atoms in total. The summed E-state index contributed by atoms with van der Waals surface area (Å²) < 4.78 is 4.58. The van der Waals surface area contributed by atoms with Crippen LogP contribution in [0, 0.1) is 0 Å². The van der Waals surface area contributed by atoms with Crippen LogP contribution >= 0.6 is 34.5 Å². The van der Waals surface area contributed by atoms with Crippen LogP contribution in [0.2, 0.25) is 10.0 Å². The number of methoxy groups -OCH3 is 1. The summed E-state index contributed by atoms with van der Waals surface area (Å²) in [5, 5.41) is 6.40. The third kappa shape index (κ3) is 3.59. The lowest BCUT2D eigenvalue weighted by Crippen LogP contribution is -2.04. The molecule has 0 radical (unpaired) electrons. The van der Waals surface area contributed by atoms with Gasteiger partial charge in [0.05, 0.1) is 35.0 Å². The van der Waals surface area contributed by atoms with Gasteiger partial charge >= 0.3 is 5.97 Å². The molecular weight excluding hydrogens is 307 g/mol. The first-order valence-electron chi connectivity index (χ1n) is 5.32. The molecule has 100 valence electrons. The van der Waals surface area contributed by atoms with Crippen molar-refractivity contribution in [2.24, 2.45) is 0 Å². The zero-order valence-electron chi connectivity index (χ0n) is 9.94. The topological polar surface area (TPSA) is 51.2 Å². The summed E-state index contributed by atoms with van der Waals surface area (Å²) in [6, 6.07) is 5.30. The van der Waals surface area contributed by atoms with Gasteiger partial charge in [-0.3, -0.25) is 4.79 Å². The highest BCUT2D eigenvalue weighted by Crippen LogP contribution is 2.32. The predicted octanol–water partition coefficient (Wildman–Crippen LogP) is 3.91. The normalized spacial score (nSPS) is 10.3. The van der Waals surface area contributed by atoms with Crippen molar-refractivity contribution in [3.63, 3.8) is 0 Å². The number of rotatable bonds is 4. The van der Waals surface area contributed by atoms with Gasteiger partial charge in [-0.15, -0.1) is 11.3 Å². The number of ether oxygens (including phenoxy) is 1. The van der Waals surface area contributed by atoms with Crippen LogP contribution in [0.15, 0.2) is 23.6 Å². The van der Waals surface area contributed by atoms with Gasteiger partial charge in [0.2, 0.25) is 0 Å². The van der Waals surface area contributed by atoms with Gasteiger partial charge in [-0.05, 0) is 12.1 Å². The predicted molar refractivity (Wildman–Crippen MR) is 77.6 cm³/mol. The third-order valence-electron chi connectivity index (χ3n) is 2.30. The summed E-state index contributed by atoms with van der Waals surface area (Å²) in [7, 11) is 1.35. The lowest BCUT2D eigenvalue weighted by molar-refractivity contribution is -0.139. The van der Waals surface area contributed by atoms with E-state index in [2.05, 4.69) is 15.0 Å². The molecule has 0 saturated carbocycles. The number of nitrogens with zero attached hydrogens (tertiary/aromatic N) is 1. The molecule has 7 heteroatoms. The molecular formula is C12H10Cl2N2O2S. The van der Waals surface area contributed by atoms with E-state index >= 15 is 0 Å². The molecule has 1 aromatic carbocycles. The molecule has 1 aromatic heterocycles. The number of hydrogen-bond donors (Lipinski definition) is 1. The van der Waals surface area contributed by atoms with Crippen LogP contribution in [0.25, 0.3) is 0 Å². The molecule has 0 spiro atoms. The molecule has 1 heterocycles. The van der Waals surface area contributed by atoms with E-state index < -0.39 is 0 Å². The molecule has 0 saturated heterocycles. The van der Waals surface area contributed by atoms with Crippen molar-refractivity contribution in [1.82, 2.24) is 4.98 Å². The Labute approximate surface area is 124 Å². The van der Waals surface area contributed by atoms with E-state index in [0.29, 0.717) is 26.6 Å².